The number of nitrogens with one attached hydrogen (secondary N) is 1. The van der Waals surface area contributed by atoms with Gasteiger partial charge in [0.25, 0.3) is 5.91 Å². The predicted molar refractivity (Wildman–Crippen MR) is 109 cm³/mol. The Bertz CT molecular complexity index is 923. The smallest absolute Gasteiger partial charge is 0.253 e. The normalized spacial score (nSPS) is 27.3. The first-order valence-corrected chi connectivity index (χ1v) is 10.8. The molecule has 0 aliphatic carbocycles. The molecule has 2 aromatic rings. The van der Waals surface area contributed by atoms with Crippen molar-refractivity contribution in [3.05, 3.63) is 29.7 Å². The van der Waals surface area contributed by atoms with Crippen molar-refractivity contribution >= 4 is 22.9 Å². The largest absolute Gasteiger partial charge is 0.440 e. The van der Waals surface area contributed by atoms with Crippen LogP contribution in [0.5, 0.6) is 0 Å². The van der Waals surface area contributed by atoms with Gasteiger partial charge in [0, 0.05) is 38.5 Å². The van der Waals surface area contributed by atoms with Crippen molar-refractivity contribution in [2.24, 2.45) is 5.92 Å². The van der Waals surface area contributed by atoms with E-state index in [-0.39, 0.29) is 23.8 Å². The highest BCUT2D eigenvalue weighted by Gasteiger charge is 2.35. The third kappa shape index (κ3) is 3.52. The molecule has 2 amide bonds. The minimum Gasteiger partial charge on any atom is -0.440 e. The van der Waals surface area contributed by atoms with Crippen LogP contribution in [0.15, 0.2) is 22.6 Å². The number of hydrogen-bond donors (Lipinski definition) is 1. The first-order valence-electron chi connectivity index (χ1n) is 10.8. The number of amides is 2. The minimum absolute atomic E-state index is 0.0550. The number of hydrogen-bond acceptors (Lipinski definition) is 5. The van der Waals surface area contributed by atoms with Crippen molar-refractivity contribution in [3.63, 3.8) is 0 Å². The van der Waals surface area contributed by atoms with Gasteiger partial charge in [0.2, 0.25) is 5.91 Å². The molecular weight excluding hydrogens is 368 g/mol. The summed E-state index contributed by atoms with van der Waals surface area (Å²) in [5, 5.41) is 3.26. The zero-order valence-corrected chi connectivity index (χ0v) is 16.9. The number of carbonyl (C=O) groups excluding carboxylic acids is 2. The number of piperidine rings is 4. The standard InChI is InChI=1S/C22H28N4O3/c1-14(27)26-11-7-16(8-12-26)22-24-20-17(3-2-4-19(20)29-22)21(28)23-18-13-25-9-5-15(18)6-10-25/h2-4,15-16,18H,5-13H2,1H3,(H,23,28). The Labute approximate surface area is 170 Å². The summed E-state index contributed by atoms with van der Waals surface area (Å²) in [6.45, 7) is 6.33. The van der Waals surface area contributed by atoms with E-state index in [1.54, 1.807) is 6.92 Å². The van der Waals surface area contributed by atoms with Crippen LogP contribution in [0.25, 0.3) is 11.1 Å². The number of nitrogens with zero attached hydrogens (tertiary/aromatic N) is 3. The van der Waals surface area contributed by atoms with E-state index in [0.29, 0.717) is 28.5 Å². The van der Waals surface area contributed by atoms with E-state index in [9.17, 15) is 9.59 Å². The monoisotopic (exact) mass is 396 g/mol. The molecule has 1 aromatic heterocycles. The van der Waals surface area contributed by atoms with Crippen molar-refractivity contribution in [2.75, 3.05) is 32.7 Å². The number of likely N-dealkylation sites (tertiary alicyclic amines) is 1. The SMILES string of the molecule is CC(=O)N1CCC(c2nc3c(C(=O)NC4CN5CCC4CC5)cccc3o2)CC1. The van der Waals surface area contributed by atoms with Crippen LogP contribution < -0.4 is 5.32 Å². The Morgan fingerprint density at radius 1 is 1.10 bits per heavy atom. The highest BCUT2D eigenvalue weighted by molar-refractivity contribution is 6.04. The molecule has 1 unspecified atom stereocenters. The van der Waals surface area contributed by atoms with Gasteiger partial charge in [-0.05, 0) is 56.8 Å². The van der Waals surface area contributed by atoms with Crippen molar-refractivity contribution < 1.29 is 14.0 Å². The lowest BCUT2D eigenvalue weighted by Crippen LogP contribution is -2.57. The molecule has 4 saturated heterocycles. The second-order valence-electron chi connectivity index (χ2n) is 8.70. The average molecular weight is 396 g/mol. The molecular formula is C22H28N4O3. The fourth-order valence-electron chi connectivity index (χ4n) is 5.14. The Kier molecular flexibility index (Phi) is 4.78. The van der Waals surface area contributed by atoms with Gasteiger partial charge in [0.05, 0.1) is 5.56 Å². The second kappa shape index (κ2) is 7.44. The van der Waals surface area contributed by atoms with E-state index in [0.717, 1.165) is 45.6 Å². The van der Waals surface area contributed by atoms with Gasteiger partial charge in [-0.2, -0.15) is 0 Å². The molecule has 1 aromatic carbocycles. The van der Waals surface area contributed by atoms with E-state index in [4.69, 9.17) is 9.40 Å². The molecule has 4 aliphatic heterocycles. The van der Waals surface area contributed by atoms with E-state index in [1.807, 2.05) is 23.1 Å². The maximum atomic E-state index is 13.1. The predicted octanol–water partition coefficient (Wildman–Crippen LogP) is 2.38. The van der Waals surface area contributed by atoms with Gasteiger partial charge in [0.1, 0.15) is 5.52 Å². The Morgan fingerprint density at radius 2 is 1.86 bits per heavy atom. The minimum atomic E-state index is -0.0550. The van der Waals surface area contributed by atoms with Crippen LogP contribution in [0.1, 0.15) is 54.8 Å². The van der Waals surface area contributed by atoms with Crippen molar-refractivity contribution in [2.45, 2.75) is 44.6 Å². The van der Waals surface area contributed by atoms with E-state index < -0.39 is 0 Å². The van der Waals surface area contributed by atoms with Crippen LogP contribution >= 0.6 is 0 Å². The fraction of sp³-hybridized carbons (Fsp3) is 0.591. The highest BCUT2D eigenvalue weighted by atomic mass is 16.3. The van der Waals surface area contributed by atoms with Gasteiger partial charge in [-0.3, -0.25) is 9.59 Å². The molecule has 0 spiro atoms. The van der Waals surface area contributed by atoms with Gasteiger partial charge < -0.3 is 19.5 Å². The Balaban J connectivity index is 1.34. The number of para-hydroxylation sites is 1. The zero-order valence-electron chi connectivity index (χ0n) is 16.9. The molecule has 1 N–H and O–H groups in total. The lowest BCUT2D eigenvalue weighted by molar-refractivity contribution is -0.129. The number of oxazole rings is 1. The van der Waals surface area contributed by atoms with Gasteiger partial charge in [-0.25, -0.2) is 4.98 Å². The Morgan fingerprint density at radius 3 is 2.52 bits per heavy atom. The molecule has 29 heavy (non-hydrogen) atoms. The fourth-order valence-corrected chi connectivity index (χ4v) is 5.14. The first-order chi connectivity index (χ1) is 14.1. The summed E-state index contributed by atoms with van der Waals surface area (Å²) in [5.74, 6) is 1.53. The molecule has 154 valence electrons. The van der Waals surface area contributed by atoms with E-state index >= 15 is 0 Å². The van der Waals surface area contributed by atoms with Crippen molar-refractivity contribution in [1.29, 1.82) is 0 Å². The van der Waals surface area contributed by atoms with Gasteiger partial charge >= 0.3 is 0 Å². The van der Waals surface area contributed by atoms with E-state index in [2.05, 4.69) is 10.2 Å². The second-order valence-corrected chi connectivity index (χ2v) is 8.70. The highest BCUT2D eigenvalue weighted by Crippen LogP contribution is 2.32. The topological polar surface area (TPSA) is 78.7 Å². The molecule has 7 nitrogen and oxygen atoms in total. The maximum Gasteiger partial charge on any atom is 0.253 e. The molecule has 1 atom stereocenters. The number of rotatable bonds is 3. The molecule has 4 fully saturated rings. The van der Waals surface area contributed by atoms with Crippen LogP contribution in [0.3, 0.4) is 0 Å². The third-order valence-corrected chi connectivity index (χ3v) is 6.94. The summed E-state index contributed by atoms with van der Waals surface area (Å²) in [6, 6.07) is 5.80. The summed E-state index contributed by atoms with van der Waals surface area (Å²) < 4.78 is 6.03. The van der Waals surface area contributed by atoms with E-state index in [1.165, 1.54) is 12.8 Å². The number of fused-ring (bicyclic) bond motifs is 4. The van der Waals surface area contributed by atoms with Gasteiger partial charge in [-0.1, -0.05) is 6.07 Å². The number of benzene rings is 1. The Hall–Kier alpha value is -2.41. The molecule has 5 heterocycles. The summed E-state index contributed by atoms with van der Waals surface area (Å²) >= 11 is 0. The van der Waals surface area contributed by atoms with Crippen LogP contribution in [0.4, 0.5) is 0 Å². The first kappa shape index (κ1) is 18.6. The molecule has 0 saturated carbocycles. The summed E-state index contributed by atoms with van der Waals surface area (Å²) in [4.78, 5) is 33.6. The molecule has 6 rings (SSSR count). The molecule has 4 aliphatic rings. The van der Waals surface area contributed by atoms with Crippen LogP contribution in [-0.4, -0.2) is 65.4 Å². The molecule has 2 bridgehead atoms. The lowest BCUT2D eigenvalue weighted by atomic mass is 9.84. The number of aromatic nitrogens is 1. The quantitative estimate of drug-likeness (QED) is 0.862. The zero-order chi connectivity index (χ0) is 20.0. The van der Waals surface area contributed by atoms with Crippen LogP contribution in [0, 0.1) is 5.92 Å². The third-order valence-electron chi connectivity index (χ3n) is 6.94. The van der Waals surface area contributed by atoms with Gasteiger partial charge in [0.15, 0.2) is 11.5 Å². The average Bonchev–Trinajstić information content (AvgIpc) is 3.19. The summed E-state index contributed by atoms with van der Waals surface area (Å²) in [5.41, 5.74) is 1.90. The van der Waals surface area contributed by atoms with Crippen molar-refractivity contribution in [1.82, 2.24) is 20.1 Å². The lowest BCUT2D eigenvalue weighted by Gasteiger charge is -2.44. The van der Waals surface area contributed by atoms with Crippen molar-refractivity contribution in [3.8, 4) is 0 Å². The summed E-state index contributed by atoms with van der Waals surface area (Å²) in [7, 11) is 0. The molecule has 7 heteroatoms. The molecule has 0 radical (unpaired) electrons. The van der Waals surface area contributed by atoms with Crippen LogP contribution in [-0.2, 0) is 4.79 Å². The van der Waals surface area contributed by atoms with Gasteiger partial charge in [-0.15, -0.1) is 0 Å². The van der Waals surface area contributed by atoms with Crippen LogP contribution in [0.2, 0.25) is 0 Å². The maximum absolute atomic E-state index is 13.1. The number of carbonyl (C=O) groups is 2. The summed E-state index contributed by atoms with van der Waals surface area (Å²) in [6.07, 6.45) is 4.02.